The van der Waals surface area contributed by atoms with Crippen LogP contribution in [-0.4, -0.2) is 40.3 Å². The van der Waals surface area contributed by atoms with Gasteiger partial charge in [-0.2, -0.15) is 0 Å². The largest absolute Gasteiger partial charge is 0.481 e. The van der Waals surface area contributed by atoms with E-state index in [9.17, 15) is 9.59 Å². The van der Waals surface area contributed by atoms with E-state index in [4.69, 9.17) is 9.84 Å². The number of nitrogens with zero attached hydrogens (tertiary/aromatic N) is 1. The normalized spacial score (nSPS) is 24.4. The van der Waals surface area contributed by atoms with E-state index in [0.717, 1.165) is 0 Å². The molecule has 0 bridgehead atoms. The number of amides is 1. The Labute approximate surface area is 108 Å². The van der Waals surface area contributed by atoms with E-state index < -0.39 is 23.6 Å². The molecule has 1 N–H and O–H groups in total. The summed E-state index contributed by atoms with van der Waals surface area (Å²) in [4.78, 5) is 24.6. The minimum absolute atomic E-state index is 0.228. The van der Waals surface area contributed by atoms with E-state index in [0.29, 0.717) is 0 Å². The Bertz CT molecular complexity index is 351. The van der Waals surface area contributed by atoms with Gasteiger partial charge in [-0.1, -0.05) is 20.8 Å². The summed E-state index contributed by atoms with van der Waals surface area (Å²) < 4.78 is 5.29. The molecule has 0 aliphatic carbocycles. The van der Waals surface area contributed by atoms with Crippen LogP contribution in [0.1, 0.15) is 41.5 Å². The van der Waals surface area contributed by atoms with E-state index in [1.807, 2.05) is 20.8 Å². The Kier molecular flexibility index (Phi) is 3.65. The van der Waals surface area contributed by atoms with E-state index in [1.54, 1.807) is 20.8 Å². The summed E-state index contributed by atoms with van der Waals surface area (Å²) in [6, 6.07) is -0.315. The first-order chi connectivity index (χ1) is 7.93. The molecule has 1 saturated heterocycles. The molecule has 0 aromatic heterocycles. The fourth-order valence-corrected chi connectivity index (χ4v) is 2.30. The molecule has 1 rings (SSSR count). The molecule has 1 fully saturated rings. The fraction of sp³-hybridized carbons (Fsp3) is 0.846. The minimum atomic E-state index is -0.852. The number of hydrogen-bond acceptors (Lipinski definition) is 3. The summed E-state index contributed by atoms with van der Waals surface area (Å²) in [5, 5.41) is 9.12. The van der Waals surface area contributed by atoms with Crippen LogP contribution in [0.3, 0.4) is 0 Å². The molecule has 0 spiro atoms. The van der Waals surface area contributed by atoms with Crippen LogP contribution in [0.4, 0.5) is 4.79 Å². The molecule has 1 amide bonds. The third-order valence-corrected chi connectivity index (χ3v) is 2.94. The highest BCUT2D eigenvalue weighted by molar-refractivity contribution is 5.78. The second-order valence-electron chi connectivity index (χ2n) is 6.89. The number of likely N-dealkylation sites (tertiary alicyclic amines) is 1. The molecule has 0 aromatic carbocycles. The van der Waals surface area contributed by atoms with Gasteiger partial charge in [0.05, 0.1) is 12.0 Å². The zero-order valence-electron chi connectivity index (χ0n) is 12.0. The van der Waals surface area contributed by atoms with E-state index in [-0.39, 0.29) is 18.0 Å². The average molecular weight is 257 g/mol. The maximum absolute atomic E-state index is 12.0. The number of rotatable bonds is 1. The van der Waals surface area contributed by atoms with Gasteiger partial charge in [0.2, 0.25) is 0 Å². The molecule has 2 atom stereocenters. The summed E-state index contributed by atoms with van der Waals surface area (Å²) in [6.45, 7) is 11.4. The van der Waals surface area contributed by atoms with Gasteiger partial charge >= 0.3 is 12.1 Å². The minimum Gasteiger partial charge on any atom is -0.481 e. The highest BCUT2D eigenvalue weighted by Gasteiger charge is 2.52. The van der Waals surface area contributed by atoms with Crippen molar-refractivity contribution in [1.82, 2.24) is 4.90 Å². The summed E-state index contributed by atoms with van der Waals surface area (Å²) in [6.07, 6.45) is -0.431. The number of carboxylic acid groups (broad SMARTS) is 1. The number of carboxylic acids is 1. The van der Waals surface area contributed by atoms with Crippen LogP contribution in [0.25, 0.3) is 0 Å². The van der Waals surface area contributed by atoms with Crippen LogP contribution in [0.5, 0.6) is 0 Å². The Balaban J connectivity index is 2.80. The van der Waals surface area contributed by atoms with Crippen LogP contribution in [0, 0.1) is 11.3 Å². The lowest BCUT2D eigenvalue weighted by atomic mass is 9.72. The van der Waals surface area contributed by atoms with Crippen LogP contribution in [0.15, 0.2) is 0 Å². The molecule has 2 unspecified atom stereocenters. The highest BCUT2D eigenvalue weighted by atomic mass is 16.6. The first-order valence-electron chi connectivity index (χ1n) is 6.16. The van der Waals surface area contributed by atoms with Gasteiger partial charge in [0.25, 0.3) is 0 Å². The maximum atomic E-state index is 12.0. The average Bonchev–Trinajstić information content (AvgIpc) is 1.91. The van der Waals surface area contributed by atoms with Gasteiger partial charge in [0, 0.05) is 6.54 Å². The first kappa shape index (κ1) is 14.8. The van der Waals surface area contributed by atoms with Crippen LogP contribution in [-0.2, 0) is 9.53 Å². The van der Waals surface area contributed by atoms with Gasteiger partial charge in [-0.25, -0.2) is 4.79 Å². The van der Waals surface area contributed by atoms with Crippen molar-refractivity contribution in [2.75, 3.05) is 6.54 Å². The Morgan fingerprint density at radius 3 is 2.00 bits per heavy atom. The van der Waals surface area contributed by atoms with Gasteiger partial charge in [-0.15, -0.1) is 0 Å². The third-order valence-electron chi connectivity index (χ3n) is 2.94. The number of aliphatic carboxylic acids is 1. The topological polar surface area (TPSA) is 66.8 Å². The van der Waals surface area contributed by atoms with Crippen LogP contribution < -0.4 is 0 Å². The van der Waals surface area contributed by atoms with Gasteiger partial charge in [-0.3, -0.25) is 4.79 Å². The predicted molar refractivity (Wildman–Crippen MR) is 67.3 cm³/mol. The zero-order valence-corrected chi connectivity index (χ0v) is 12.0. The number of carbonyl (C=O) groups excluding carboxylic acids is 1. The van der Waals surface area contributed by atoms with Crippen molar-refractivity contribution >= 4 is 12.1 Å². The van der Waals surface area contributed by atoms with Gasteiger partial charge in [0.1, 0.15) is 5.60 Å². The molecular weight excluding hydrogens is 234 g/mol. The highest BCUT2D eigenvalue weighted by Crippen LogP contribution is 2.39. The van der Waals surface area contributed by atoms with Crippen molar-refractivity contribution < 1.29 is 19.4 Å². The monoisotopic (exact) mass is 257 g/mol. The van der Waals surface area contributed by atoms with Crippen molar-refractivity contribution in [3.8, 4) is 0 Å². The lowest BCUT2D eigenvalue weighted by Gasteiger charge is -2.52. The van der Waals surface area contributed by atoms with Crippen molar-refractivity contribution in [3.05, 3.63) is 0 Å². The molecule has 104 valence electrons. The first-order valence-corrected chi connectivity index (χ1v) is 6.16. The standard InChI is InChI=1S/C13H23NO4/c1-12(2,3)9-8(10(15)16)7-14(9)11(17)18-13(4,5)6/h8-9H,7H2,1-6H3,(H,15,16). The summed E-state index contributed by atoms with van der Waals surface area (Å²) >= 11 is 0. The Hall–Kier alpha value is -1.26. The maximum Gasteiger partial charge on any atom is 0.410 e. The summed E-state index contributed by atoms with van der Waals surface area (Å²) in [5.41, 5.74) is -0.841. The Morgan fingerprint density at radius 2 is 1.67 bits per heavy atom. The van der Waals surface area contributed by atoms with Crippen molar-refractivity contribution in [1.29, 1.82) is 0 Å². The molecule has 0 saturated carbocycles. The number of ether oxygens (including phenoxy) is 1. The molecular formula is C13H23NO4. The van der Waals surface area contributed by atoms with Crippen LogP contribution in [0.2, 0.25) is 0 Å². The third kappa shape index (κ3) is 3.15. The van der Waals surface area contributed by atoms with Gasteiger partial charge in [0.15, 0.2) is 0 Å². The van der Waals surface area contributed by atoms with Gasteiger partial charge in [-0.05, 0) is 26.2 Å². The van der Waals surface area contributed by atoms with E-state index in [1.165, 1.54) is 4.90 Å². The van der Waals surface area contributed by atoms with Crippen molar-refractivity contribution in [2.24, 2.45) is 11.3 Å². The molecule has 5 heteroatoms. The number of hydrogen-bond donors (Lipinski definition) is 1. The van der Waals surface area contributed by atoms with Crippen molar-refractivity contribution in [2.45, 2.75) is 53.2 Å². The summed E-state index contributed by atoms with van der Waals surface area (Å²) in [7, 11) is 0. The quantitative estimate of drug-likeness (QED) is 0.783. The molecule has 5 nitrogen and oxygen atoms in total. The number of carbonyl (C=O) groups is 2. The molecule has 0 radical (unpaired) electrons. The lowest BCUT2D eigenvalue weighted by molar-refractivity contribution is -0.156. The van der Waals surface area contributed by atoms with Gasteiger partial charge < -0.3 is 14.7 Å². The molecule has 1 aliphatic heterocycles. The second kappa shape index (κ2) is 4.44. The Morgan fingerprint density at radius 1 is 1.17 bits per heavy atom. The second-order valence-corrected chi connectivity index (χ2v) is 6.89. The molecule has 18 heavy (non-hydrogen) atoms. The molecule has 0 aromatic rings. The van der Waals surface area contributed by atoms with Crippen molar-refractivity contribution in [3.63, 3.8) is 0 Å². The smallest absolute Gasteiger partial charge is 0.410 e. The predicted octanol–water partition coefficient (Wildman–Crippen LogP) is 2.35. The summed E-state index contributed by atoms with van der Waals surface area (Å²) in [5.74, 6) is -1.35. The SMILES string of the molecule is CC(C)(C)OC(=O)N1CC(C(=O)O)C1C(C)(C)C. The van der Waals surface area contributed by atoms with E-state index in [2.05, 4.69) is 0 Å². The lowest BCUT2D eigenvalue weighted by Crippen LogP contribution is -2.66. The zero-order chi connectivity index (χ0) is 14.3. The fourth-order valence-electron chi connectivity index (χ4n) is 2.30. The van der Waals surface area contributed by atoms with Crippen LogP contribution >= 0.6 is 0 Å². The molecule has 1 heterocycles. The van der Waals surface area contributed by atoms with E-state index >= 15 is 0 Å². The molecule has 1 aliphatic rings.